The number of halogens is 2. The fourth-order valence-corrected chi connectivity index (χ4v) is 7.68. The van der Waals surface area contributed by atoms with Gasteiger partial charge >= 0.3 is 0 Å². The fraction of sp³-hybridized carbons (Fsp3) is 0.447. The van der Waals surface area contributed by atoms with Crippen LogP contribution in [0.15, 0.2) is 72.8 Å². The van der Waals surface area contributed by atoms with Crippen molar-refractivity contribution in [3.8, 4) is 51.0 Å². The molecule has 0 aromatic heterocycles. The van der Waals surface area contributed by atoms with Gasteiger partial charge in [-0.1, -0.05) is 38.1 Å². The zero-order valence-electron chi connectivity index (χ0n) is 36.0. The van der Waals surface area contributed by atoms with Crippen molar-refractivity contribution < 1.29 is 33.3 Å². The molecule has 0 saturated carbocycles. The van der Waals surface area contributed by atoms with E-state index in [0.29, 0.717) is 54.7 Å². The molecule has 4 aromatic rings. The van der Waals surface area contributed by atoms with E-state index in [-0.39, 0.29) is 36.6 Å². The summed E-state index contributed by atoms with van der Waals surface area (Å²) in [5.74, 6) is 3.47. The first-order chi connectivity index (χ1) is 28.3. The van der Waals surface area contributed by atoms with Gasteiger partial charge in [0.25, 0.3) is 11.8 Å². The number of piperazine rings is 2. The molecule has 0 radical (unpaired) electrons. The molecular weight excluding hydrogens is 803 g/mol. The number of ether oxygens (including phenoxy) is 5. The van der Waals surface area contributed by atoms with Crippen LogP contribution >= 0.6 is 24.8 Å². The summed E-state index contributed by atoms with van der Waals surface area (Å²) in [7, 11) is 4.91. The highest BCUT2D eigenvalue weighted by Crippen LogP contribution is 2.42. The second-order valence-corrected chi connectivity index (χ2v) is 15.0. The summed E-state index contributed by atoms with van der Waals surface area (Å²) < 4.78 is 28.7. The van der Waals surface area contributed by atoms with E-state index in [1.807, 2.05) is 83.5 Å². The van der Waals surface area contributed by atoms with Gasteiger partial charge in [-0.05, 0) is 116 Å². The van der Waals surface area contributed by atoms with Gasteiger partial charge in [-0.2, -0.15) is 0 Å². The first-order valence-electron chi connectivity index (χ1n) is 20.7. The maximum Gasteiger partial charge on any atom is 0.253 e. The van der Waals surface area contributed by atoms with Gasteiger partial charge in [-0.3, -0.25) is 19.4 Å². The molecular formula is C47H62Cl2N4O7. The van der Waals surface area contributed by atoms with Crippen LogP contribution in [0.1, 0.15) is 59.4 Å². The van der Waals surface area contributed by atoms with E-state index in [9.17, 15) is 9.59 Å². The first kappa shape index (κ1) is 48.0. The molecule has 0 N–H and O–H groups in total. The quantitative estimate of drug-likeness (QED) is 0.104. The van der Waals surface area contributed by atoms with Crippen LogP contribution in [0.3, 0.4) is 0 Å². The molecule has 60 heavy (non-hydrogen) atoms. The molecule has 0 bridgehead atoms. The summed E-state index contributed by atoms with van der Waals surface area (Å²) in [5.41, 5.74) is 6.37. The summed E-state index contributed by atoms with van der Waals surface area (Å²) in [6, 6.07) is 23.6. The molecule has 4 aromatic carbocycles. The van der Waals surface area contributed by atoms with Crippen LogP contribution in [-0.4, -0.2) is 131 Å². The lowest BCUT2D eigenvalue weighted by molar-refractivity contribution is 0.0606. The van der Waals surface area contributed by atoms with Crippen molar-refractivity contribution in [3.63, 3.8) is 0 Å². The summed E-state index contributed by atoms with van der Waals surface area (Å²) >= 11 is 0. The SMILES string of the molecule is CCCOc1c(C)cc(-c2ccc(C(=O)N3CCN(CCCN4CCN(C(=O)c5ccc(-c6cc(OC)c(OCCC)c(OC)c6)cc5)CC4)CC3)cc2)cc1OC.Cl.Cl. The van der Waals surface area contributed by atoms with Crippen molar-refractivity contribution in [1.29, 1.82) is 0 Å². The largest absolute Gasteiger partial charge is 0.493 e. The van der Waals surface area contributed by atoms with Crippen molar-refractivity contribution >= 4 is 36.6 Å². The molecule has 2 fully saturated rings. The third-order valence-corrected chi connectivity index (χ3v) is 11.0. The molecule has 0 aliphatic carbocycles. The number of carbonyl (C=O) groups excluding carboxylic acids is 2. The fourth-order valence-electron chi connectivity index (χ4n) is 7.68. The Morgan fingerprint density at radius 3 is 1.27 bits per heavy atom. The molecule has 6 rings (SSSR count). The Bertz CT molecular complexity index is 1960. The Balaban J connectivity index is 0.00000397. The summed E-state index contributed by atoms with van der Waals surface area (Å²) in [4.78, 5) is 35.7. The molecule has 0 atom stereocenters. The predicted octanol–water partition coefficient (Wildman–Crippen LogP) is 8.38. The zero-order chi connectivity index (χ0) is 41.0. The van der Waals surface area contributed by atoms with E-state index in [4.69, 9.17) is 23.7 Å². The number of amides is 2. The Kier molecular flexibility index (Phi) is 18.7. The standard InChI is InChI=1S/C47H60N4O7.2ClH/c1-7-28-57-44-34(3)30-39(31-41(44)54-4)35-10-14-37(15-11-35)46(52)50-24-20-48(21-25-50)18-9-19-49-22-26-51(27-23-49)47(53)38-16-12-36(13-17-38)40-32-42(55-5)45(58-29-8-2)43(33-40)56-6;;/h10-17,30-33H,7-9,18-29H2,1-6H3;2*1H. The number of nitrogens with zero attached hydrogens (tertiary/aromatic N) is 4. The highest BCUT2D eigenvalue weighted by atomic mass is 35.5. The van der Waals surface area contributed by atoms with Crippen molar-refractivity contribution in [1.82, 2.24) is 19.6 Å². The molecule has 326 valence electrons. The molecule has 11 nitrogen and oxygen atoms in total. The van der Waals surface area contributed by atoms with Gasteiger partial charge in [-0.15, -0.1) is 24.8 Å². The number of carbonyl (C=O) groups is 2. The van der Waals surface area contributed by atoms with Crippen LogP contribution in [0.2, 0.25) is 0 Å². The van der Waals surface area contributed by atoms with E-state index in [1.54, 1.807) is 21.3 Å². The molecule has 2 aliphatic heterocycles. The second-order valence-electron chi connectivity index (χ2n) is 15.0. The third-order valence-electron chi connectivity index (χ3n) is 11.0. The average molecular weight is 866 g/mol. The van der Waals surface area contributed by atoms with Gasteiger partial charge in [0.1, 0.15) is 0 Å². The minimum Gasteiger partial charge on any atom is -0.493 e. The van der Waals surface area contributed by atoms with Crippen molar-refractivity contribution in [3.05, 3.63) is 89.5 Å². The van der Waals surface area contributed by atoms with Crippen LogP contribution in [0, 0.1) is 6.92 Å². The van der Waals surface area contributed by atoms with Crippen LogP contribution < -0.4 is 23.7 Å². The zero-order valence-corrected chi connectivity index (χ0v) is 37.6. The maximum atomic E-state index is 13.4. The Labute approximate surface area is 368 Å². The summed E-state index contributed by atoms with van der Waals surface area (Å²) in [6.07, 6.45) is 2.87. The lowest BCUT2D eigenvalue weighted by atomic mass is 10.0. The van der Waals surface area contributed by atoms with Gasteiger partial charge in [0.15, 0.2) is 23.0 Å². The lowest BCUT2D eigenvalue weighted by Crippen LogP contribution is -2.50. The van der Waals surface area contributed by atoms with E-state index < -0.39 is 0 Å². The van der Waals surface area contributed by atoms with Crippen molar-refractivity contribution in [2.24, 2.45) is 0 Å². The summed E-state index contributed by atoms with van der Waals surface area (Å²) in [6.45, 7) is 15.7. The van der Waals surface area contributed by atoms with Crippen molar-refractivity contribution in [2.45, 2.75) is 40.0 Å². The minimum atomic E-state index is 0. The number of rotatable bonds is 17. The van der Waals surface area contributed by atoms with Crippen LogP contribution in [0.5, 0.6) is 28.7 Å². The Morgan fingerprint density at radius 1 is 0.517 bits per heavy atom. The Hall–Kier alpha value is -4.68. The molecule has 2 heterocycles. The van der Waals surface area contributed by atoms with E-state index in [0.717, 1.165) is 111 Å². The molecule has 2 saturated heterocycles. The van der Waals surface area contributed by atoms with E-state index in [2.05, 4.69) is 29.7 Å². The number of hydrogen-bond donors (Lipinski definition) is 0. The average Bonchev–Trinajstić information content (AvgIpc) is 3.27. The number of methoxy groups -OCH3 is 3. The maximum absolute atomic E-state index is 13.4. The normalized spacial score (nSPS) is 14.4. The molecule has 0 unspecified atom stereocenters. The van der Waals surface area contributed by atoms with E-state index in [1.165, 1.54) is 0 Å². The molecule has 0 spiro atoms. The van der Waals surface area contributed by atoms with Crippen LogP contribution in [-0.2, 0) is 0 Å². The van der Waals surface area contributed by atoms with Gasteiger partial charge in [0.2, 0.25) is 5.75 Å². The molecule has 2 aliphatic rings. The van der Waals surface area contributed by atoms with Gasteiger partial charge in [0.05, 0.1) is 34.5 Å². The van der Waals surface area contributed by atoms with E-state index >= 15 is 0 Å². The smallest absolute Gasteiger partial charge is 0.253 e. The minimum absolute atomic E-state index is 0. The van der Waals surface area contributed by atoms with Gasteiger partial charge in [-0.25, -0.2) is 0 Å². The highest BCUT2D eigenvalue weighted by molar-refractivity contribution is 5.95. The van der Waals surface area contributed by atoms with Gasteiger partial charge < -0.3 is 33.5 Å². The monoisotopic (exact) mass is 864 g/mol. The highest BCUT2D eigenvalue weighted by Gasteiger charge is 2.25. The van der Waals surface area contributed by atoms with Gasteiger partial charge in [0, 0.05) is 63.5 Å². The Morgan fingerprint density at radius 2 is 0.883 bits per heavy atom. The topological polar surface area (TPSA) is 93.3 Å². The van der Waals surface area contributed by atoms with Crippen molar-refractivity contribution in [2.75, 3.05) is 100.0 Å². The third kappa shape index (κ3) is 11.8. The summed E-state index contributed by atoms with van der Waals surface area (Å²) in [5, 5.41) is 0. The van der Waals surface area contributed by atoms with Crippen LogP contribution in [0.4, 0.5) is 0 Å². The molecule has 2 amide bonds. The number of benzene rings is 4. The van der Waals surface area contributed by atoms with Crippen LogP contribution in [0.25, 0.3) is 22.3 Å². The molecule has 13 heteroatoms. The predicted molar refractivity (Wildman–Crippen MR) is 244 cm³/mol. The second kappa shape index (κ2) is 23.4. The number of hydrogen-bond acceptors (Lipinski definition) is 9. The number of aryl methyl sites for hydroxylation is 1. The first-order valence-corrected chi connectivity index (χ1v) is 20.7. The lowest BCUT2D eigenvalue weighted by Gasteiger charge is -2.37.